The number of hydrogen-bond acceptors (Lipinski definition) is 3. The molecule has 2 aliphatic rings. The smallest absolute Gasteiger partial charge is 0.314 e. The number of benzene rings is 1. The lowest BCUT2D eigenvalue weighted by Crippen LogP contribution is -2.35. The highest BCUT2D eigenvalue weighted by molar-refractivity contribution is 5.81. The molecule has 0 amide bonds. The molecule has 21 heavy (non-hydrogen) atoms. The predicted molar refractivity (Wildman–Crippen MR) is 80.3 cm³/mol. The summed E-state index contributed by atoms with van der Waals surface area (Å²) in [5.41, 5.74) is 1.58. The van der Waals surface area contributed by atoms with Crippen LogP contribution in [0.4, 0.5) is 0 Å². The quantitative estimate of drug-likeness (QED) is 0.925. The number of ether oxygens (including phenoxy) is 1. The van der Waals surface area contributed by atoms with Gasteiger partial charge in [-0.1, -0.05) is 37.1 Å². The molecule has 1 aromatic carbocycles. The maximum absolute atomic E-state index is 11.7. The summed E-state index contributed by atoms with van der Waals surface area (Å²) in [7, 11) is 0. The lowest BCUT2D eigenvalue weighted by molar-refractivity contribution is -0.143. The number of hydrogen-bond donors (Lipinski definition) is 1. The molecule has 1 heterocycles. The summed E-state index contributed by atoms with van der Waals surface area (Å²) in [6, 6.07) is 8.23. The van der Waals surface area contributed by atoms with E-state index >= 15 is 0 Å². The van der Waals surface area contributed by atoms with Gasteiger partial charge < -0.3 is 9.84 Å². The molecule has 0 atom stereocenters. The van der Waals surface area contributed by atoms with E-state index in [-0.39, 0.29) is 0 Å². The first-order valence-corrected chi connectivity index (χ1v) is 7.84. The average molecular weight is 289 g/mol. The molecule has 1 aliphatic carbocycles. The summed E-state index contributed by atoms with van der Waals surface area (Å²) in [4.78, 5) is 14.1. The standard InChI is InChI=1S/C17H23NO3/c19-16(20)17(7-1-2-8-17)15-5-3-14(4-6-15)13-18-9-11-21-12-10-18/h3-6H,1-2,7-13H2,(H,19,20). The van der Waals surface area contributed by atoms with Crippen molar-refractivity contribution in [3.8, 4) is 0 Å². The van der Waals surface area contributed by atoms with Crippen molar-refractivity contribution in [2.24, 2.45) is 0 Å². The van der Waals surface area contributed by atoms with Gasteiger partial charge in [0.05, 0.1) is 18.6 Å². The van der Waals surface area contributed by atoms with Gasteiger partial charge in [-0.3, -0.25) is 9.69 Å². The maximum atomic E-state index is 11.7. The fraction of sp³-hybridized carbons (Fsp3) is 0.588. The van der Waals surface area contributed by atoms with Crippen LogP contribution >= 0.6 is 0 Å². The van der Waals surface area contributed by atoms with Gasteiger partial charge in [0.15, 0.2) is 0 Å². The van der Waals surface area contributed by atoms with Gasteiger partial charge in [-0.15, -0.1) is 0 Å². The lowest BCUT2D eigenvalue weighted by atomic mass is 9.79. The molecule has 3 rings (SSSR count). The normalized spacial score (nSPS) is 22.3. The Kier molecular flexibility index (Phi) is 4.27. The monoisotopic (exact) mass is 289 g/mol. The molecule has 0 radical (unpaired) electrons. The van der Waals surface area contributed by atoms with Crippen LogP contribution in [0.25, 0.3) is 0 Å². The highest BCUT2D eigenvalue weighted by Gasteiger charge is 2.42. The topological polar surface area (TPSA) is 49.8 Å². The van der Waals surface area contributed by atoms with Crippen LogP contribution in [-0.2, 0) is 21.5 Å². The summed E-state index contributed by atoms with van der Waals surface area (Å²) >= 11 is 0. The van der Waals surface area contributed by atoms with Crippen LogP contribution in [0.15, 0.2) is 24.3 Å². The van der Waals surface area contributed by atoms with Crippen LogP contribution < -0.4 is 0 Å². The predicted octanol–water partition coefficient (Wildman–Crippen LogP) is 2.42. The second-order valence-corrected chi connectivity index (χ2v) is 6.18. The molecule has 0 spiro atoms. The van der Waals surface area contributed by atoms with Crippen LogP contribution in [0.2, 0.25) is 0 Å². The number of carbonyl (C=O) groups is 1. The van der Waals surface area contributed by atoms with Crippen LogP contribution in [0.1, 0.15) is 36.8 Å². The second kappa shape index (κ2) is 6.16. The van der Waals surface area contributed by atoms with Crippen LogP contribution in [0.3, 0.4) is 0 Å². The summed E-state index contributed by atoms with van der Waals surface area (Å²) in [6.45, 7) is 4.48. The fourth-order valence-corrected chi connectivity index (χ4v) is 3.55. The van der Waals surface area contributed by atoms with Crippen molar-refractivity contribution in [2.75, 3.05) is 26.3 Å². The Morgan fingerprint density at radius 1 is 1.14 bits per heavy atom. The molecule has 0 aromatic heterocycles. The number of nitrogens with zero attached hydrogens (tertiary/aromatic N) is 1. The van der Waals surface area contributed by atoms with Crippen molar-refractivity contribution in [1.29, 1.82) is 0 Å². The van der Waals surface area contributed by atoms with Gasteiger partial charge in [-0.2, -0.15) is 0 Å². The van der Waals surface area contributed by atoms with Crippen molar-refractivity contribution >= 4 is 5.97 Å². The zero-order valence-electron chi connectivity index (χ0n) is 12.4. The Balaban J connectivity index is 1.72. The van der Waals surface area contributed by atoms with Crippen molar-refractivity contribution in [2.45, 2.75) is 37.6 Å². The fourth-order valence-electron chi connectivity index (χ4n) is 3.55. The molecule has 4 nitrogen and oxygen atoms in total. The molecule has 2 fully saturated rings. The van der Waals surface area contributed by atoms with Gasteiger partial charge in [-0.05, 0) is 24.0 Å². The van der Waals surface area contributed by atoms with Crippen molar-refractivity contribution in [3.05, 3.63) is 35.4 Å². The summed E-state index contributed by atoms with van der Waals surface area (Å²) in [6.07, 6.45) is 3.57. The Hall–Kier alpha value is -1.39. The first kappa shape index (κ1) is 14.5. The molecular formula is C17H23NO3. The van der Waals surface area contributed by atoms with E-state index in [0.717, 1.165) is 64.1 Å². The number of rotatable bonds is 4. The molecule has 0 bridgehead atoms. The van der Waals surface area contributed by atoms with Crippen molar-refractivity contribution in [1.82, 2.24) is 4.90 Å². The van der Waals surface area contributed by atoms with E-state index in [9.17, 15) is 9.90 Å². The molecule has 1 N–H and O–H groups in total. The highest BCUT2D eigenvalue weighted by Crippen LogP contribution is 2.41. The lowest BCUT2D eigenvalue weighted by Gasteiger charge is -2.27. The minimum Gasteiger partial charge on any atom is -0.481 e. The van der Waals surface area contributed by atoms with Gasteiger partial charge in [0, 0.05) is 19.6 Å². The second-order valence-electron chi connectivity index (χ2n) is 6.18. The molecular weight excluding hydrogens is 266 g/mol. The van der Waals surface area contributed by atoms with Gasteiger partial charge >= 0.3 is 5.97 Å². The molecule has 0 unspecified atom stereocenters. The van der Waals surface area contributed by atoms with Gasteiger partial charge in [0.1, 0.15) is 0 Å². The molecule has 114 valence electrons. The number of aliphatic carboxylic acids is 1. The SMILES string of the molecule is O=C(O)C1(c2ccc(CN3CCOCC3)cc2)CCCC1. The van der Waals surface area contributed by atoms with E-state index in [2.05, 4.69) is 17.0 Å². The summed E-state index contributed by atoms with van der Waals surface area (Å²) in [5, 5.41) is 9.63. The molecule has 1 saturated carbocycles. The Labute approximate surface area is 125 Å². The van der Waals surface area contributed by atoms with Crippen molar-refractivity contribution in [3.63, 3.8) is 0 Å². The molecule has 1 aromatic rings. The Morgan fingerprint density at radius 3 is 2.33 bits per heavy atom. The van der Waals surface area contributed by atoms with E-state index in [0.29, 0.717) is 0 Å². The molecule has 1 saturated heterocycles. The van der Waals surface area contributed by atoms with Crippen LogP contribution in [0.5, 0.6) is 0 Å². The zero-order valence-corrected chi connectivity index (χ0v) is 12.4. The van der Waals surface area contributed by atoms with Crippen molar-refractivity contribution < 1.29 is 14.6 Å². The first-order valence-electron chi connectivity index (χ1n) is 7.84. The first-order chi connectivity index (χ1) is 10.2. The van der Waals surface area contributed by atoms with E-state index in [1.165, 1.54) is 5.56 Å². The van der Waals surface area contributed by atoms with Crippen LogP contribution in [0, 0.1) is 0 Å². The summed E-state index contributed by atoms with van der Waals surface area (Å²) in [5.74, 6) is -0.666. The third-order valence-corrected chi connectivity index (χ3v) is 4.88. The number of carboxylic acids is 1. The molecule has 1 aliphatic heterocycles. The van der Waals surface area contributed by atoms with E-state index < -0.39 is 11.4 Å². The minimum atomic E-state index is -0.666. The number of carboxylic acid groups (broad SMARTS) is 1. The van der Waals surface area contributed by atoms with Crippen LogP contribution in [-0.4, -0.2) is 42.3 Å². The molecule has 4 heteroatoms. The average Bonchev–Trinajstić information content (AvgIpc) is 3.00. The number of morpholine rings is 1. The maximum Gasteiger partial charge on any atom is 0.314 e. The Morgan fingerprint density at radius 2 is 1.76 bits per heavy atom. The summed E-state index contributed by atoms with van der Waals surface area (Å²) < 4.78 is 5.36. The minimum absolute atomic E-state index is 0.641. The van der Waals surface area contributed by atoms with Gasteiger partial charge in [0.25, 0.3) is 0 Å². The third kappa shape index (κ3) is 2.97. The van der Waals surface area contributed by atoms with Gasteiger partial charge in [-0.25, -0.2) is 0 Å². The van der Waals surface area contributed by atoms with E-state index in [1.807, 2.05) is 12.1 Å². The van der Waals surface area contributed by atoms with E-state index in [4.69, 9.17) is 4.74 Å². The zero-order chi connectivity index (χ0) is 14.7. The Bertz CT molecular complexity index is 485. The largest absolute Gasteiger partial charge is 0.481 e. The van der Waals surface area contributed by atoms with E-state index in [1.54, 1.807) is 0 Å². The highest BCUT2D eigenvalue weighted by atomic mass is 16.5. The van der Waals surface area contributed by atoms with Gasteiger partial charge in [0.2, 0.25) is 0 Å². The third-order valence-electron chi connectivity index (χ3n) is 4.88.